The number of hydrogen-bond acceptors (Lipinski definition) is 7. The Bertz CT molecular complexity index is 1310. The molecule has 1 amide bonds. The van der Waals surface area contributed by atoms with Gasteiger partial charge in [0.2, 0.25) is 5.91 Å². The highest BCUT2D eigenvalue weighted by atomic mass is 32.2. The molecule has 0 heterocycles. The van der Waals surface area contributed by atoms with Gasteiger partial charge in [0.1, 0.15) is 12.4 Å². The van der Waals surface area contributed by atoms with Crippen LogP contribution in [0.2, 0.25) is 0 Å². The normalized spacial score (nSPS) is 10.9. The molecule has 1 N–H and O–H groups in total. The number of amides is 1. The van der Waals surface area contributed by atoms with Gasteiger partial charge in [-0.3, -0.25) is 9.10 Å². The maximum Gasteiger partial charge on any atom is 0.265 e. The summed E-state index contributed by atoms with van der Waals surface area (Å²) in [5.74, 6) is -0.212. The summed E-state index contributed by atoms with van der Waals surface area (Å²) in [5, 5.41) is 2.60. The highest BCUT2D eigenvalue weighted by molar-refractivity contribution is 7.92. The number of nitrogens with one attached hydrogen (secondary N) is 1. The van der Waals surface area contributed by atoms with Crippen LogP contribution in [0.3, 0.4) is 0 Å². The van der Waals surface area contributed by atoms with Gasteiger partial charge in [-0.15, -0.1) is 0 Å². The molecule has 0 unspecified atom stereocenters. The largest absolute Gasteiger partial charge is 0.493 e. The number of ether oxygens (including phenoxy) is 4. The van der Waals surface area contributed by atoms with Crippen LogP contribution in [0.4, 0.5) is 15.8 Å². The molecule has 3 aromatic carbocycles. The van der Waals surface area contributed by atoms with Crippen LogP contribution in [-0.4, -0.2) is 49.3 Å². The van der Waals surface area contributed by atoms with Crippen molar-refractivity contribution in [3.8, 4) is 23.0 Å². The third-order valence-electron chi connectivity index (χ3n) is 5.02. The average Bonchev–Trinajstić information content (AvgIpc) is 2.87. The molecule has 0 radical (unpaired) electrons. The average molecular weight is 505 g/mol. The van der Waals surface area contributed by atoms with Crippen molar-refractivity contribution in [3.05, 3.63) is 66.5 Å². The van der Waals surface area contributed by atoms with Crippen LogP contribution in [-0.2, 0) is 14.8 Å². The smallest absolute Gasteiger partial charge is 0.265 e. The van der Waals surface area contributed by atoms with E-state index in [1.807, 2.05) is 0 Å². The molecule has 3 rings (SSSR count). The van der Waals surface area contributed by atoms with Crippen molar-refractivity contribution in [2.75, 3.05) is 44.6 Å². The van der Waals surface area contributed by atoms with Crippen molar-refractivity contribution in [3.63, 3.8) is 0 Å². The van der Waals surface area contributed by atoms with Gasteiger partial charge in [0.25, 0.3) is 10.0 Å². The fourth-order valence-electron chi connectivity index (χ4n) is 3.30. The zero-order valence-electron chi connectivity index (χ0n) is 19.6. The van der Waals surface area contributed by atoms with Gasteiger partial charge in [-0.25, -0.2) is 12.8 Å². The summed E-state index contributed by atoms with van der Waals surface area (Å²) in [6.45, 7) is -0.702. The molecular formula is C24H25FN2O7S. The Labute approximate surface area is 203 Å². The summed E-state index contributed by atoms with van der Waals surface area (Å²) >= 11 is 0. The molecule has 0 aromatic heterocycles. The molecule has 0 fully saturated rings. The Kier molecular flexibility index (Phi) is 8.02. The van der Waals surface area contributed by atoms with Crippen LogP contribution in [0.5, 0.6) is 23.0 Å². The lowest BCUT2D eigenvalue weighted by Crippen LogP contribution is -2.38. The minimum Gasteiger partial charge on any atom is -0.493 e. The Hall–Kier alpha value is -3.99. The van der Waals surface area contributed by atoms with Crippen LogP contribution >= 0.6 is 0 Å². The number of carbonyl (C=O) groups excluding carboxylic acids is 1. The third kappa shape index (κ3) is 5.57. The monoisotopic (exact) mass is 504 g/mol. The first-order valence-corrected chi connectivity index (χ1v) is 11.7. The van der Waals surface area contributed by atoms with E-state index in [4.69, 9.17) is 18.9 Å². The van der Waals surface area contributed by atoms with Gasteiger partial charge in [0.05, 0.1) is 39.0 Å². The molecule has 186 valence electrons. The number of hydrogen-bond donors (Lipinski definition) is 1. The summed E-state index contributed by atoms with van der Waals surface area (Å²) in [6.07, 6.45) is 0. The number of halogens is 1. The molecule has 11 heteroatoms. The van der Waals surface area contributed by atoms with Gasteiger partial charge >= 0.3 is 0 Å². The van der Waals surface area contributed by atoms with Crippen LogP contribution in [0.25, 0.3) is 0 Å². The third-order valence-corrected chi connectivity index (χ3v) is 6.77. The number of benzene rings is 3. The minimum atomic E-state index is -4.39. The van der Waals surface area contributed by atoms with Gasteiger partial charge in [0, 0.05) is 17.8 Å². The van der Waals surface area contributed by atoms with Gasteiger partial charge in [-0.1, -0.05) is 12.1 Å². The van der Waals surface area contributed by atoms with Gasteiger partial charge in [-0.2, -0.15) is 0 Å². The molecule has 0 aliphatic rings. The molecule has 35 heavy (non-hydrogen) atoms. The lowest BCUT2D eigenvalue weighted by atomic mass is 10.2. The molecule has 0 atom stereocenters. The zero-order valence-corrected chi connectivity index (χ0v) is 20.4. The second kappa shape index (κ2) is 11.0. The van der Waals surface area contributed by atoms with E-state index < -0.39 is 28.3 Å². The predicted molar refractivity (Wildman–Crippen MR) is 129 cm³/mol. The Morgan fingerprint density at radius 2 is 1.40 bits per heavy atom. The van der Waals surface area contributed by atoms with E-state index >= 15 is 0 Å². The van der Waals surface area contributed by atoms with Crippen molar-refractivity contribution in [1.82, 2.24) is 0 Å². The van der Waals surface area contributed by atoms with Crippen LogP contribution in [0, 0.1) is 5.82 Å². The quantitative estimate of drug-likeness (QED) is 0.449. The van der Waals surface area contributed by atoms with Crippen molar-refractivity contribution in [2.45, 2.75) is 4.90 Å². The molecule has 0 bridgehead atoms. The maximum absolute atomic E-state index is 14.7. The highest BCUT2D eigenvalue weighted by Gasteiger charge is 2.30. The van der Waals surface area contributed by atoms with Gasteiger partial charge in [0.15, 0.2) is 23.0 Å². The zero-order chi connectivity index (χ0) is 25.6. The van der Waals surface area contributed by atoms with Gasteiger partial charge in [-0.05, 0) is 36.4 Å². The van der Waals surface area contributed by atoms with E-state index in [0.29, 0.717) is 27.2 Å². The number of rotatable bonds is 10. The molecule has 0 saturated heterocycles. The molecule has 0 aliphatic carbocycles. The minimum absolute atomic E-state index is 0.164. The molecular weight excluding hydrogens is 479 g/mol. The summed E-state index contributed by atoms with van der Waals surface area (Å²) in [4.78, 5) is 12.7. The predicted octanol–water partition coefficient (Wildman–Crippen LogP) is 3.69. The van der Waals surface area contributed by atoms with E-state index in [2.05, 4.69) is 5.32 Å². The summed E-state index contributed by atoms with van der Waals surface area (Å²) in [6, 6.07) is 13.9. The molecule has 9 nitrogen and oxygen atoms in total. The van der Waals surface area contributed by atoms with Crippen LogP contribution in [0.15, 0.2) is 65.6 Å². The number of para-hydroxylation sites is 1. The first kappa shape index (κ1) is 25.6. The summed E-state index contributed by atoms with van der Waals surface area (Å²) in [7, 11) is 1.30. The Morgan fingerprint density at radius 3 is 2.00 bits per heavy atom. The van der Waals surface area contributed by atoms with E-state index in [1.165, 1.54) is 70.9 Å². The van der Waals surface area contributed by atoms with Crippen LogP contribution < -0.4 is 28.6 Å². The highest BCUT2D eigenvalue weighted by Crippen LogP contribution is 2.33. The Morgan fingerprint density at radius 1 is 0.829 bits per heavy atom. The number of anilines is 2. The topological polar surface area (TPSA) is 103 Å². The fraction of sp³-hybridized carbons (Fsp3) is 0.208. The summed E-state index contributed by atoms with van der Waals surface area (Å²) in [5.41, 5.74) is 0.0504. The van der Waals surface area contributed by atoms with E-state index in [9.17, 15) is 17.6 Å². The number of methoxy groups -OCH3 is 4. The Balaban J connectivity index is 1.98. The molecule has 0 aliphatic heterocycles. The lowest BCUT2D eigenvalue weighted by Gasteiger charge is -2.25. The first-order valence-electron chi connectivity index (χ1n) is 10.3. The van der Waals surface area contributed by atoms with Crippen molar-refractivity contribution in [1.29, 1.82) is 0 Å². The number of nitrogens with zero attached hydrogens (tertiary/aromatic N) is 1. The van der Waals surface area contributed by atoms with Crippen molar-refractivity contribution >= 4 is 27.3 Å². The van der Waals surface area contributed by atoms with E-state index in [0.717, 1.165) is 6.07 Å². The fourth-order valence-corrected chi connectivity index (χ4v) is 4.75. The first-order chi connectivity index (χ1) is 16.7. The van der Waals surface area contributed by atoms with Crippen molar-refractivity contribution < 1.29 is 36.6 Å². The van der Waals surface area contributed by atoms with E-state index in [1.54, 1.807) is 12.1 Å². The molecule has 3 aromatic rings. The van der Waals surface area contributed by atoms with Crippen molar-refractivity contribution in [2.24, 2.45) is 0 Å². The number of sulfonamides is 1. The standard InChI is InChI=1S/C24H25FN2O7S/c1-31-20-11-9-16(13-22(20)33-3)26-24(28)15-27(19-8-6-5-7-18(19)25)35(29,30)17-10-12-21(32-2)23(14-17)34-4/h5-14H,15H2,1-4H3,(H,26,28). The molecule has 0 spiro atoms. The summed E-state index contributed by atoms with van der Waals surface area (Å²) < 4.78 is 63.3. The maximum atomic E-state index is 14.7. The number of carbonyl (C=O) groups is 1. The second-order valence-corrected chi connectivity index (χ2v) is 8.96. The van der Waals surface area contributed by atoms with E-state index in [-0.39, 0.29) is 16.3 Å². The van der Waals surface area contributed by atoms with Gasteiger partial charge < -0.3 is 24.3 Å². The second-order valence-electron chi connectivity index (χ2n) is 7.10. The lowest BCUT2D eigenvalue weighted by molar-refractivity contribution is -0.114. The SMILES string of the molecule is COc1ccc(NC(=O)CN(c2ccccc2F)S(=O)(=O)c2ccc(OC)c(OC)c2)cc1OC. The van der Waals surface area contributed by atoms with Crippen LogP contribution in [0.1, 0.15) is 0 Å². The molecule has 0 saturated carbocycles.